The second kappa shape index (κ2) is 37.5. The van der Waals surface area contributed by atoms with Gasteiger partial charge in [0.1, 0.15) is 0 Å². The number of alkyl halides is 1. The van der Waals surface area contributed by atoms with Crippen LogP contribution in [-0.4, -0.2) is 96.9 Å². The minimum absolute atomic E-state index is 0.566. The summed E-state index contributed by atoms with van der Waals surface area (Å²) in [4.78, 5) is 0. The van der Waals surface area contributed by atoms with Crippen molar-refractivity contribution >= 4 is 22.6 Å². The van der Waals surface area contributed by atoms with E-state index in [1.165, 1.54) is 81.5 Å². The quantitative estimate of drug-likeness (QED) is 0.0412. The fourth-order valence-corrected chi connectivity index (χ4v) is 4.30. The van der Waals surface area contributed by atoms with E-state index >= 15 is 0 Å². The second-order valence-corrected chi connectivity index (χ2v) is 10.7. The van der Waals surface area contributed by atoms with Gasteiger partial charge in [0.25, 0.3) is 0 Å². The van der Waals surface area contributed by atoms with E-state index in [2.05, 4.69) is 29.5 Å². The molecule has 0 atom stereocenters. The average molecular weight is 661 g/mol. The third-order valence-corrected chi connectivity index (χ3v) is 6.81. The molecule has 0 radical (unpaired) electrons. The highest BCUT2D eigenvalue weighted by atomic mass is 127. The van der Waals surface area contributed by atoms with Crippen LogP contribution in [0, 0.1) is 0 Å². The first-order valence-electron chi connectivity index (χ1n) is 15.5. The number of halogens is 1. The van der Waals surface area contributed by atoms with E-state index in [1.807, 2.05) is 0 Å². The van der Waals surface area contributed by atoms with Crippen LogP contribution >= 0.6 is 22.6 Å². The van der Waals surface area contributed by atoms with Gasteiger partial charge in [-0.05, 0) is 23.7 Å². The normalized spacial score (nSPS) is 11.5. The maximum Gasteiger partial charge on any atom is 0.0701 e. The lowest BCUT2D eigenvalue weighted by Gasteiger charge is -2.08. The molecule has 0 amide bonds. The molecule has 230 valence electrons. The number of hydrogen-bond donors (Lipinski definition) is 0. The Labute approximate surface area is 248 Å². The van der Waals surface area contributed by atoms with Gasteiger partial charge >= 0.3 is 0 Å². The van der Waals surface area contributed by atoms with Gasteiger partial charge in [0.05, 0.1) is 79.3 Å². The fraction of sp³-hybridized carbons (Fsp3) is 1.00. The highest BCUT2D eigenvalue weighted by molar-refractivity contribution is 14.1. The van der Waals surface area contributed by atoms with Crippen molar-refractivity contribution in [2.75, 3.05) is 96.9 Å². The maximum atomic E-state index is 5.64. The van der Waals surface area contributed by atoms with Gasteiger partial charge in [0.2, 0.25) is 0 Å². The molecule has 0 saturated carbocycles. The molecule has 0 N–H and O–H groups in total. The first-order chi connectivity index (χ1) is 18.9. The molecule has 0 aromatic rings. The molecule has 7 nitrogen and oxygen atoms in total. The van der Waals surface area contributed by atoms with Crippen molar-refractivity contribution in [3.05, 3.63) is 0 Å². The van der Waals surface area contributed by atoms with Gasteiger partial charge in [0, 0.05) is 13.2 Å². The molecule has 0 fully saturated rings. The Morgan fingerprint density at radius 1 is 0.289 bits per heavy atom. The Bertz CT molecular complexity index is 369. The molecular formula is C30H61IO7. The zero-order valence-electron chi connectivity index (χ0n) is 24.7. The van der Waals surface area contributed by atoms with Gasteiger partial charge in [-0.2, -0.15) is 0 Å². The summed E-state index contributed by atoms with van der Waals surface area (Å²) in [6.45, 7) is 11.1. The van der Waals surface area contributed by atoms with Crippen molar-refractivity contribution in [3.8, 4) is 0 Å². The SMILES string of the molecule is CCCCCCCCCCCCOCCOCCOCCOCCOCCOCCOCCCCCCI. The van der Waals surface area contributed by atoms with Gasteiger partial charge in [-0.1, -0.05) is 100 Å². The summed E-state index contributed by atoms with van der Waals surface area (Å²) in [5.74, 6) is 0. The van der Waals surface area contributed by atoms with Crippen molar-refractivity contribution in [2.24, 2.45) is 0 Å². The van der Waals surface area contributed by atoms with Gasteiger partial charge in [-0.15, -0.1) is 0 Å². The van der Waals surface area contributed by atoms with Crippen molar-refractivity contribution < 1.29 is 33.2 Å². The topological polar surface area (TPSA) is 64.6 Å². The largest absolute Gasteiger partial charge is 0.379 e. The molecule has 0 aliphatic carbocycles. The molecular weight excluding hydrogens is 599 g/mol. The summed E-state index contributed by atoms with van der Waals surface area (Å²) >= 11 is 2.43. The zero-order chi connectivity index (χ0) is 27.5. The lowest BCUT2D eigenvalue weighted by molar-refractivity contribution is -0.0206. The van der Waals surface area contributed by atoms with Crippen LogP contribution < -0.4 is 0 Å². The predicted molar refractivity (Wildman–Crippen MR) is 165 cm³/mol. The fourth-order valence-electron chi connectivity index (χ4n) is 3.77. The standard InChI is InChI=1S/C30H61IO7/c1-2-3-4-5-6-7-8-9-11-14-17-32-19-21-34-23-25-36-27-29-38-30-28-37-26-24-35-22-20-33-18-15-12-10-13-16-31/h2-30H2,1H3. The van der Waals surface area contributed by atoms with Crippen LogP contribution in [0.2, 0.25) is 0 Å². The highest BCUT2D eigenvalue weighted by Gasteiger charge is 1.96. The Hall–Kier alpha value is 0.450. The molecule has 0 unspecified atom stereocenters. The Morgan fingerprint density at radius 3 is 0.816 bits per heavy atom. The molecule has 0 rings (SSSR count). The highest BCUT2D eigenvalue weighted by Crippen LogP contribution is 2.10. The monoisotopic (exact) mass is 660 g/mol. The van der Waals surface area contributed by atoms with Gasteiger partial charge in [0.15, 0.2) is 0 Å². The van der Waals surface area contributed by atoms with Crippen LogP contribution in [0.4, 0.5) is 0 Å². The van der Waals surface area contributed by atoms with Crippen LogP contribution in [0.5, 0.6) is 0 Å². The Balaban J connectivity index is 3.01. The van der Waals surface area contributed by atoms with Gasteiger partial charge in [-0.25, -0.2) is 0 Å². The van der Waals surface area contributed by atoms with Crippen LogP contribution in [0.15, 0.2) is 0 Å². The summed E-state index contributed by atoms with van der Waals surface area (Å²) < 4.78 is 40.0. The van der Waals surface area contributed by atoms with Crippen LogP contribution in [-0.2, 0) is 33.2 Å². The van der Waals surface area contributed by atoms with E-state index in [9.17, 15) is 0 Å². The van der Waals surface area contributed by atoms with Crippen LogP contribution in [0.25, 0.3) is 0 Å². The first kappa shape index (κ1) is 38.5. The summed E-state index contributed by atoms with van der Waals surface area (Å²) in [7, 11) is 0. The van der Waals surface area contributed by atoms with E-state index < -0.39 is 0 Å². The van der Waals surface area contributed by atoms with Gasteiger partial charge in [-0.3, -0.25) is 0 Å². The van der Waals surface area contributed by atoms with E-state index in [0.29, 0.717) is 79.3 Å². The molecule has 0 aromatic carbocycles. The van der Waals surface area contributed by atoms with Gasteiger partial charge < -0.3 is 33.2 Å². The average Bonchev–Trinajstić information content (AvgIpc) is 2.93. The first-order valence-corrected chi connectivity index (χ1v) is 17.0. The van der Waals surface area contributed by atoms with E-state index in [-0.39, 0.29) is 0 Å². The smallest absolute Gasteiger partial charge is 0.0701 e. The second-order valence-electron chi connectivity index (χ2n) is 9.57. The molecule has 0 bridgehead atoms. The summed E-state index contributed by atoms with van der Waals surface area (Å²) in [6.07, 6.45) is 18.5. The minimum Gasteiger partial charge on any atom is -0.379 e. The summed E-state index contributed by atoms with van der Waals surface area (Å²) in [5.41, 5.74) is 0. The number of unbranched alkanes of at least 4 members (excludes halogenated alkanes) is 12. The lowest BCUT2D eigenvalue weighted by atomic mass is 10.1. The maximum absolute atomic E-state index is 5.64. The Morgan fingerprint density at radius 2 is 0.526 bits per heavy atom. The minimum atomic E-state index is 0.566. The predicted octanol–water partition coefficient (Wildman–Crippen LogP) is 7.02. The molecule has 0 heterocycles. The van der Waals surface area contributed by atoms with E-state index in [4.69, 9.17) is 33.2 Å². The van der Waals surface area contributed by atoms with Crippen molar-refractivity contribution in [3.63, 3.8) is 0 Å². The van der Waals surface area contributed by atoms with Crippen molar-refractivity contribution in [1.29, 1.82) is 0 Å². The molecule has 0 aliphatic heterocycles. The molecule has 8 heteroatoms. The van der Waals surface area contributed by atoms with Crippen molar-refractivity contribution in [2.45, 2.75) is 96.8 Å². The molecule has 0 spiro atoms. The number of rotatable bonds is 35. The Kier molecular flexibility index (Phi) is 37.9. The summed E-state index contributed by atoms with van der Waals surface area (Å²) in [5, 5.41) is 0. The van der Waals surface area contributed by atoms with E-state index in [1.54, 1.807) is 0 Å². The number of ether oxygens (including phenoxy) is 7. The third-order valence-electron chi connectivity index (χ3n) is 6.05. The van der Waals surface area contributed by atoms with Crippen LogP contribution in [0.3, 0.4) is 0 Å². The molecule has 0 saturated heterocycles. The lowest BCUT2D eigenvalue weighted by Crippen LogP contribution is -2.14. The molecule has 0 aliphatic rings. The van der Waals surface area contributed by atoms with Crippen LogP contribution in [0.1, 0.15) is 96.8 Å². The molecule has 0 aromatic heterocycles. The summed E-state index contributed by atoms with van der Waals surface area (Å²) in [6, 6.07) is 0. The number of hydrogen-bond acceptors (Lipinski definition) is 7. The van der Waals surface area contributed by atoms with E-state index in [0.717, 1.165) is 26.1 Å². The third kappa shape index (κ3) is 36.5. The molecule has 38 heavy (non-hydrogen) atoms. The van der Waals surface area contributed by atoms with Crippen molar-refractivity contribution in [1.82, 2.24) is 0 Å². The zero-order valence-corrected chi connectivity index (χ0v) is 26.9.